The molecule has 5 nitrogen and oxygen atoms in total. The second-order valence-electron chi connectivity index (χ2n) is 3.94. The van der Waals surface area contributed by atoms with Crippen LogP contribution < -0.4 is 5.32 Å². The second-order valence-corrected chi connectivity index (χ2v) is 3.94. The van der Waals surface area contributed by atoms with E-state index < -0.39 is 12.0 Å². The summed E-state index contributed by atoms with van der Waals surface area (Å²) in [4.78, 5) is 24.0. The highest BCUT2D eigenvalue weighted by atomic mass is 16.4. The molecule has 0 aromatic carbocycles. The number of urea groups is 1. The maximum absolute atomic E-state index is 11.6. The number of carboxylic acid groups (broad SMARTS) is 1. The molecule has 0 aromatic heterocycles. The lowest BCUT2D eigenvalue weighted by molar-refractivity contribution is -0.139. The van der Waals surface area contributed by atoms with E-state index >= 15 is 0 Å². The van der Waals surface area contributed by atoms with Crippen molar-refractivity contribution < 1.29 is 14.7 Å². The number of hydrogen-bond acceptors (Lipinski definition) is 2. The predicted molar refractivity (Wildman–Crippen MR) is 58.8 cm³/mol. The van der Waals surface area contributed by atoms with Crippen LogP contribution in [-0.2, 0) is 4.79 Å². The van der Waals surface area contributed by atoms with Crippen molar-refractivity contribution in [3.05, 3.63) is 0 Å². The molecular formula is C11H16N2O3. The predicted octanol–water partition coefficient (Wildman–Crippen LogP) is 0.657. The van der Waals surface area contributed by atoms with Gasteiger partial charge < -0.3 is 15.3 Å². The van der Waals surface area contributed by atoms with E-state index in [1.165, 1.54) is 0 Å². The Labute approximate surface area is 94.8 Å². The van der Waals surface area contributed by atoms with Crippen LogP contribution in [0, 0.1) is 12.3 Å². The molecule has 0 saturated heterocycles. The van der Waals surface area contributed by atoms with E-state index in [-0.39, 0.29) is 18.5 Å². The van der Waals surface area contributed by atoms with E-state index in [4.69, 9.17) is 11.5 Å². The van der Waals surface area contributed by atoms with Crippen molar-refractivity contribution in [1.29, 1.82) is 0 Å². The Morgan fingerprint density at radius 3 is 2.62 bits per heavy atom. The Hall–Kier alpha value is -1.70. The third-order valence-corrected chi connectivity index (χ3v) is 2.86. The van der Waals surface area contributed by atoms with Crippen LogP contribution in [-0.4, -0.2) is 41.1 Å². The zero-order valence-corrected chi connectivity index (χ0v) is 9.27. The highest BCUT2D eigenvalue weighted by molar-refractivity contribution is 5.82. The van der Waals surface area contributed by atoms with Gasteiger partial charge >= 0.3 is 12.0 Å². The fourth-order valence-electron chi connectivity index (χ4n) is 1.51. The number of amides is 2. The summed E-state index contributed by atoms with van der Waals surface area (Å²) in [6.45, 7) is 0. The molecule has 2 amide bonds. The molecule has 2 N–H and O–H groups in total. The summed E-state index contributed by atoms with van der Waals surface area (Å²) in [5.74, 6) is 1.13. The number of terminal acetylenes is 1. The fourth-order valence-corrected chi connectivity index (χ4v) is 1.51. The minimum Gasteiger partial charge on any atom is -0.480 e. The van der Waals surface area contributed by atoms with Gasteiger partial charge in [-0.25, -0.2) is 9.59 Å². The lowest BCUT2D eigenvalue weighted by atomic mass is 9.92. The monoisotopic (exact) mass is 224 g/mol. The molecule has 0 bridgehead atoms. The van der Waals surface area contributed by atoms with Crippen LogP contribution in [0.15, 0.2) is 0 Å². The first-order valence-corrected chi connectivity index (χ1v) is 5.26. The van der Waals surface area contributed by atoms with E-state index in [9.17, 15) is 9.59 Å². The van der Waals surface area contributed by atoms with E-state index in [0.29, 0.717) is 0 Å². The Morgan fingerprint density at radius 1 is 1.62 bits per heavy atom. The highest BCUT2D eigenvalue weighted by Gasteiger charge is 2.28. The summed E-state index contributed by atoms with van der Waals surface area (Å²) in [5, 5.41) is 11.2. The summed E-state index contributed by atoms with van der Waals surface area (Å²) in [7, 11) is 1.67. The van der Waals surface area contributed by atoms with Crippen molar-refractivity contribution >= 4 is 12.0 Å². The highest BCUT2D eigenvalue weighted by Crippen LogP contribution is 2.23. The lowest BCUT2D eigenvalue weighted by Crippen LogP contribution is -2.51. The molecule has 0 radical (unpaired) electrons. The van der Waals surface area contributed by atoms with Gasteiger partial charge in [-0.1, -0.05) is 0 Å². The largest absolute Gasteiger partial charge is 0.480 e. The van der Waals surface area contributed by atoms with Crippen molar-refractivity contribution in [2.24, 2.45) is 0 Å². The first-order valence-electron chi connectivity index (χ1n) is 5.26. The van der Waals surface area contributed by atoms with Crippen LogP contribution in [0.1, 0.15) is 25.7 Å². The molecule has 1 fully saturated rings. The molecule has 5 heteroatoms. The van der Waals surface area contributed by atoms with Gasteiger partial charge in [0.25, 0.3) is 0 Å². The maximum atomic E-state index is 11.6. The number of carboxylic acids is 1. The molecule has 1 aliphatic rings. The number of nitrogens with one attached hydrogen (secondary N) is 1. The van der Waals surface area contributed by atoms with Gasteiger partial charge in [-0.15, -0.1) is 12.3 Å². The Morgan fingerprint density at radius 2 is 2.25 bits per heavy atom. The van der Waals surface area contributed by atoms with Crippen LogP contribution in [0.5, 0.6) is 0 Å². The second kappa shape index (κ2) is 5.40. The molecule has 1 unspecified atom stereocenters. The van der Waals surface area contributed by atoms with Crippen LogP contribution in [0.3, 0.4) is 0 Å². The molecule has 1 atom stereocenters. The first kappa shape index (κ1) is 12.4. The maximum Gasteiger partial charge on any atom is 0.327 e. The zero-order chi connectivity index (χ0) is 12.1. The summed E-state index contributed by atoms with van der Waals surface area (Å²) in [5.41, 5.74) is 0. The lowest BCUT2D eigenvalue weighted by Gasteiger charge is -2.35. The molecule has 0 aliphatic heterocycles. The van der Waals surface area contributed by atoms with Crippen LogP contribution >= 0.6 is 0 Å². The van der Waals surface area contributed by atoms with Gasteiger partial charge in [0.2, 0.25) is 0 Å². The molecule has 1 aliphatic carbocycles. The molecule has 1 rings (SSSR count). The summed E-state index contributed by atoms with van der Waals surface area (Å²) in [6, 6.07) is -1.13. The average Bonchev–Trinajstić information content (AvgIpc) is 2.13. The molecule has 88 valence electrons. The number of carbonyl (C=O) groups is 2. The van der Waals surface area contributed by atoms with Gasteiger partial charge in [0.1, 0.15) is 6.04 Å². The quantitative estimate of drug-likeness (QED) is 0.689. The number of hydrogen-bond donors (Lipinski definition) is 2. The van der Waals surface area contributed by atoms with Crippen molar-refractivity contribution in [2.45, 2.75) is 37.8 Å². The van der Waals surface area contributed by atoms with E-state index in [1.807, 2.05) is 0 Å². The van der Waals surface area contributed by atoms with E-state index in [0.717, 1.165) is 19.3 Å². The minimum atomic E-state index is -1.10. The fraction of sp³-hybridized carbons (Fsp3) is 0.636. The zero-order valence-electron chi connectivity index (χ0n) is 9.27. The Balaban J connectivity index is 2.47. The average molecular weight is 224 g/mol. The normalized spacial score (nSPS) is 16.8. The number of rotatable bonds is 4. The molecule has 0 aromatic rings. The van der Waals surface area contributed by atoms with E-state index in [1.54, 1.807) is 11.9 Å². The molecular weight excluding hydrogens is 208 g/mol. The van der Waals surface area contributed by atoms with Crippen LogP contribution in [0.25, 0.3) is 0 Å². The van der Waals surface area contributed by atoms with E-state index in [2.05, 4.69) is 11.2 Å². The van der Waals surface area contributed by atoms with Gasteiger partial charge in [0, 0.05) is 19.5 Å². The molecule has 0 spiro atoms. The third-order valence-electron chi connectivity index (χ3n) is 2.86. The third kappa shape index (κ3) is 2.89. The molecule has 0 heterocycles. The number of carbonyl (C=O) groups excluding carboxylic acids is 1. The Kier molecular flexibility index (Phi) is 4.18. The van der Waals surface area contributed by atoms with Crippen molar-refractivity contribution in [2.75, 3.05) is 7.05 Å². The van der Waals surface area contributed by atoms with Gasteiger partial charge in [-0.2, -0.15) is 0 Å². The van der Waals surface area contributed by atoms with Crippen molar-refractivity contribution in [3.63, 3.8) is 0 Å². The van der Waals surface area contributed by atoms with Gasteiger partial charge in [-0.3, -0.25) is 0 Å². The SMILES string of the molecule is C#CCC(NC(=O)N(C)C1CCC1)C(=O)O. The van der Waals surface area contributed by atoms with Crippen molar-refractivity contribution in [1.82, 2.24) is 10.2 Å². The minimum absolute atomic E-state index is 0.000417. The first-order chi connectivity index (χ1) is 7.56. The molecule has 1 saturated carbocycles. The Bertz CT molecular complexity index is 318. The van der Waals surface area contributed by atoms with Gasteiger partial charge in [0.15, 0.2) is 0 Å². The van der Waals surface area contributed by atoms with Gasteiger partial charge in [0.05, 0.1) is 0 Å². The molecule has 16 heavy (non-hydrogen) atoms. The van der Waals surface area contributed by atoms with Crippen LogP contribution in [0.2, 0.25) is 0 Å². The summed E-state index contributed by atoms with van der Waals surface area (Å²) >= 11 is 0. The summed E-state index contributed by atoms with van der Waals surface area (Å²) in [6.07, 6.45) is 8.12. The van der Waals surface area contributed by atoms with Crippen molar-refractivity contribution in [3.8, 4) is 12.3 Å². The summed E-state index contributed by atoms with van der Waals surface area (Å²) < 4.78 is 0. The smallest absolute Gasteiger partial charge is 0.327 e. The van der Waals surface area contributed by atoms with Crippen LogP contribution in [0.4, 0.5) is 4.79 Å². The standard InChI is InChI=1S/C11H16N2O3/c1-3-5-9(10(14)15)12-11(16)13(2)8-6-4-7-8/h1,8-9H,4-7H2,2H3,(H,12,16)(H,14,15). The number of aliphatic carboxylic acids is 1. The topological polar surface area (TPSA) is 69.6 Å². The van der Waals surface area contributed by atoms with Gasteiger partial charge in [-0.05, 0) is 19.3 Å². The number of nitrogens with zero attached hydrogens (tertiary/aromatic N) is 1.